The predicted molar refractivity (Wildman–Crippen MR) is 75.8 cm³/mol. The molecule has 1 aliphatic heterocycles. The van der Waals surface area contributed by atoms with E-state index in [0.29, 0.717) is 24.9 Å². The summed E-state index contributed by atoms with van der Waals surface area (Å²) in [4.78, 5) is 11.9. The van der Waals surface area contributed by atoms with E-state index in [0.717, 1.165) is 24.9 Å². The number of rotatable bonds is 4. The van der Waals surface area contributed by atoms with E-state index in [2.05, 4.69) is 24.3 Å². The van der Waals surface area contributed by atoms with Crippen molar-refractivity contribution < 1.29 is 9.53 Å². The minimum Gasteiger partial charge on any atom is -0.461 e. The minimum atomic E-state index is -0.306. The number of nitrogens with zero attached hydrogens (tertiary/aromatic N) is 2. The molecule has 0 amide bonds. The maximum absolute atomic E-state index is 11.9. The molecule has 2 heterocycles. The number of hydrogen-bond acceptors (Lipinski definition) is 4. The third-order valence-electron chi connectivity index (χ3n) is 3.44. The van der Waals surface area contributed by atoms with E-state index in [1.165, 1.54) is 5.69 Å². The van der Waals surface area contributed by atoms with Crippen LogP contribution in [0.4, 0.5) is 0 Å². The van der Waals surface area contributed by atoms with Gasteiger partial charge in [-0.15, -0.1) is 12.4 Å². The third-order valence-corrected chi connectivity index (χ3v) is 3.44. The zero-order valence-electron chi connectivity index (χ0n) is 11.7. The van der Waals surface area contributed by atoms with Gasteiger partial charge in [0.2, 0.25) is 0 Å². The van der Waals surface area contributed by atoms with Crippen LogP contribution in [0.2, 0.25) is 0 Å². The normalized spacial score (nSPS) is 15.3. The molecule has 108 valence electrons. The van der Waals surface area contributed by atoms with Crippen molar-refractivity contribution >= 4 is 18.4 Å². The van der Waals surface area contributed by atoms with Gasteiger partial charge in [0, 0.05) is 36.8 Å². The van der Waals surface area contributed by atoms with Gasteiger partial charge in [0.1, 0.15) is 0 Å². The summed E-state index contributed by atoms with van der Waals surface area (Å²) in [5.41, 5.74) is 2.69. The molecular formula is C13H22ClN3O2. The fourth-order valence-electron chi connectivity index (χ4n) is 2.28. The average Bonchev–Trinajstić information content (AvgIpc) is 2.78. The van der Waals surface area contributed by atoms with E-state index in [4.69, 9.17) is 4.74 Å². The maximum atomic E-state index is 11.9. The first-order valence-electron chi connectivity index (χ1n) is 6.67. The summed E-state index contributed by atoms with van der Waals surface area (Å²) < 4.78 is 7.08. The average molecular weight is 288 g/mol. The molecule has 1 aromatic rings. The van der Waals surface area contributed by atoms with Crippen LogP contribution in [-0.4, -0.2) is 28.9 Å². The number of carbonyl (C=O) groups excluding carboxylic acids is 1. The van der Waals surface area contributed by atoms with Crippen molar-refractivity contribution in [2.75, 3.05) is 13.2 Å². The first kappa shape index (κ1) is 16.0. The first-order chi connectivity index (χ1) is 8.69. The number of halogens is 1. The van der Waals surface area contributed by atoms with Crippen LogP contribution in [0.15, 0.2) is 0 Å². The molecule has 1 aliphatic rings. The Morgan fingerprint density at radius 1 is 1.53 bits per heavy atom. The van der Waals surface area contributed by atoms with Gasteiger partial charge in [-0.3, -0.25) is 4.68 Å². The van der Waals surface area contributed by atoms with Crippen molar-refractivity contribution in [3.63, 3.8) is 0 Å². The molecule has 1 aromatic heterocycles. The number of nitrogens with one attached hydrogen (secondary N) is 1. The molecule has 0 bridgehead atoms. The summed E-state index contributed by atoms with van der Waals surface area (Å²) in [6.45, 7) is 8.11. The molecule has 1 N–H and O–H groups in total. The van der Waals surface area contributed by atoms with E-state index >= 15 is 0 Å². The Morgan fingerprint density at radius 2 is 2.26 bits per heavy atom. The zero-order chi connectivity index (χ0) is 13.1. The molecule has 0 aromatic carbocycles. The Kier molecular flexibility index (Phi) is 5.82. The van der Waals surface area contributed by atoms with Crippen molar-refractivity contribution in [2.45, 2.75) is 46.2 Å². The second-order valence-electron chi connectivity index (χ2n) is 4.62. The van der Waals surface area contributed by atoms with Crippen LogP contribution in [0, 0.1) is 0 Å². The van der Waals surface area contributed by atoms with E-state index < -0.39 is 0 Å². The van der Waals surface area contributed by atoms with Crippen molar-refractivity contribution in [1.82, 2.24) is 15.1 Å². The second kappa shape index (κ2) is 6.91. The Balaban J connectivity index is 0.00000180. The summed E-state index contributed by atoms with van der Waals surface area (Å²) >= 11 is 0. The molecule has 5 nitrogen and oxygen atoms in total. The van der Waals surface area contributed by atoms with Gasteiger partial charge in [-0.05, 0) is 20.3 Å². The molecule has 2 rings (SSSR count). The Morgan fingerprint density at radius 3 is 2.89 bits per heavy atom. The standard InChI is InChI=1S/C13H21N3O2.ClH/c1-4-9(3)16-11-6-7-14-8-10(11)12(15-16)13(17)18-5-2;/h9,14H,4-8H2,1-3H3;1H/t9-;/m1./s1. The van der Waals surface area contributed by atoms with Crippen LogP contribution in [0.5, 0.6) is 0 Å². The summed E-state index contributed by atoms with van der Waals surface area (Å²) in [7, 11) is 0. The SMILES string of the molecule is CCOC(=O)c1nn([C@H](C)CC)c2c1CNCC2.Cl. The lowest BCUT2D eigenvalue weighted by atomic mass is 10.1. The molecule has 0 saturated heterocycles. The largest absolute Gasteiger partial charge is 0.461 e. The molecule has 6 heteroatoms. The molecule has 19 heavy (non-hydrogen) atoms. The number of ether oxygens (including phenoxy) is 1. The van der Waals surface area contributed by atoms with Gasteiger partial charge in [0.25, 0.3) is 0 Å². The lowest BCUT2D eigenvalue weighted by Gasteiger charge is -2.18. The fraction of sp³-hybridized carbons (Fsp3) is 0.692. The van der Waals surface area contributed by atoms with Crippen molar-refractivity contribution in [2.24, 2.45) is 0 Å². The molecule has 0 unspecified atom stereocenters. The highest BCUT2D eigenvalue weighted by molar-refractivity contribution is 5.89. The summed E-state index contributed by atoms with van der Waals surface area (Å²) in [6.07, 6.45) is 1.93. The lowest BCUT2D eigenvalue weighted by molar-refractivity contribution is 0.0516. The van der Waals surface area contributed by atoms with Crippen LogP contribution in [-0.2, 0) is 17.7 Å². The fourth-order valence-corrected chi connectivity index (χ4v) is 2.28. The van der Waals surface area contributed by atoms with E-state index in [1.54, 1.807) is 0 Å². The predicted octanol–water partition coefficient (Wildman–Crippen LogP) is 2.10. The Labute approximate surface area is 120 Å². The number of aromatic nitrogens is 2. The smallest absolute Gasteiger partial charge is 0.359 e. The van der Waals surface area contributed by atoms with Crippen LogP contribution in [0.25, 0.3) is 0 Å². The number of esters is 1. The van der Waals surface area contributed by atoms with E-state index in [-0.39, 0.29) is 18.4 Å². The van der Waals surface area contributed by atoms with Crippen molar-refractivity contribution in [3.05, 3.63) is 17.0 Å². The van der Waals surface area contributed by atoms with Crippen molar-refractivity contribution in [3.8, 4) is 0 Å². The van der Waals surface area contributed by atoms with Gasteiger partial charge in [-0.25, -0.2) is 4.79 Å². The highest BCUT2D eigenvalue weighted by Gasteiger charge is 2.26. The third kappa shape index (κ3) is 3.09. The number of hydrogen-bond donors (Lipinski definition) is 1. The Hall–Kier alpha value is -1.07. The van der Waals surface area contributed by atoms with E-state index in [9.17, 15) is 4.79 Å². The summed E-state index contributed by atoms with van der Waals surface area (Å²) in [5.74, 6) is -0.306. The van der Waals surface area contributed by atoms with Gasteiger partial charge in [-0.1, -0.05) is 6.92 Å². The molecule has 0 aliphatic carbocycles. The number of carbonyl (C=O) groups is 1. The zero-order valence-corrected chi connectivity index (χ0v) is 12.5. The quantitative estimate of drug-likeness (QED) is 0.862. The minimum absolute atomic E-state index is 0. The second-order valence-corrected chi connectivity index (χ2v) is 4.62. The summed E-state index contributed by atoms with van der Waals surface area (Å²) in [6, 6.07) is 0.319. The molecule has 0 radical (unpaired) electrons. The topological polar surface area (TPSA) is 56.1 Å². The first-order valence-corrected chi connectivity index (χ1v) is 6.67. The number of fused-ring (bicyclic) bond motifs is 1. The van der Waals surface area contributed by atoms with Gasteiger partial charge >= 0.3 is 5.97 Å². The Bertz CT molecular complexity index is 445. The van der Waals surface area contributed by atoms with Gasteiger partial charge < -0.3 is 10.1 Å². The van der Waals surface area contributed by atoms with Crippen LogP contribution in [0.1, 0.15) is 55.0 Å². The maximum Gasteiger partial charge on any atom is 0.359 e. The molecular weight excluding hydrogens is 266 g/mol. The monoisotopic (exact) mass is 287 g/mol. The molecule has 0 saturated carbocycles. The molecule has 0 spiro atoms. The van der Waals surface area contributed by atoms with Crippen LogP contribution in [0.3, 0.4) is 0 Å². The van der Waals surface area contributed by atoms with Gasteiger partial charge in [-0.2, -0.15) is 5.10 Å². The van der Waals surface area contributed by atoms with Crippen LogP contribution < -0.4 is 5.32 Å². The van der Waals surface area contributed by atoms with Crippen molar-refractivity contribution in [1.29, 1.82) is 0 Å². The molecule has 1 atom stereocenters. The highest BCUT2D eigenvalue weighted by Crippen LogP contribution is 2.23. The molecule has 0 fully saturated rings. The van der Waals surface area contributed by atoms with Gasteiger partial charge in [0.15, 0.2) is 5.69 Å². The lowest BCUT2D eigenvalue weighted by Crippen LogP contribution is -2.26. The van der Waals surface area contributed by atoms with Gasteiger partial charge in [0.05, 0.1) is 6.61 Å². The highest BCUT2D eigenvalue weighted by atomic mass is 35.5. The van der Waals surface area contributed by atoms with E-state index in [1.807, 2.05) is 11.6 Å². The van der Waals surface area contributed by atoms with Crippen LogP contribution >= 0.6 is 12.4 Å². The summed E-state index contributed by atoms with van der Waals surface area (Å²) in [5, 5.41) is 7.77.